The summed E-state index contributed by atoms with van der Waals surface area (Å²) in [5.74, 6) is -0.413. The Kier molecular flexibility index (Phi) is 7.07. The van der Waals surface area contributed by atoms with E-state index in [1.54, 1.807) is 18.1 Å². The number of fused-ring (bicyclic) bond motifs is 1. The molecular weight excluding hydrogens is 417 g/mol. The van der Waals surface area contributed by atoms with Crippen molar-refractivity contribution < 1.29 is 18.7 Å². The van der Waals surface area contributed by atoms with Gasteiger partial charge in [0, 0.05) is 47.9 Å². The van der Waals surface area contributed by atoms with Crippen LogP contribution in [-0.2, 0) is 11.3 Å². The van der Waals surface area contributed by atoms with Gasteiger partial charge in [-0.25, -0.2) is 9.18 Å². The molecule has 168 valence electrons. The summed E-state index contributed by atoms with van der Waals surface area (Å²) < 4.78 is 20.4. The van der Waals surface area contributed by atoms with Crippen LogP contribution in [0.25, 0.3) is 10.1 Å². The normalized spacial score (nSPS) is 18.3. The number of benzene rings is 1. The fourth-order valence-corrected chi connectivity index (χ4v) is 5.84. The molecular formula is C23H30FN3O3S. The maximum Gasteiger partial charge on any atom is 0.315 e. The second-order valence-corrected chi connectivity index (χ2v) is 9.53. The largest absolute Gasteiger partial charge is 0.380 e. The highest BCUT2D eigenvalue weighted by molar-refractivity contribution is 7.21. The fraction of sp³-hybridized carbons (Fsp3) is 0.565. The third-order valence-electron chi connectivity index (χ3n) is 6.30. The number of rotatable bonds is 5. The van der Waals surface area contributed by atoms with Gasteiger partial charge in [-0.2, -0.15) is 0 Å². The minimum atomic E-state index is -0.327. The molecule has 8 heteroatoms. The number of likely N-dealkylation sites (tertiary alicyclic amines) is 1. The summed E-state index contributed by atoms with van der Waals surface area (Å²) in [7, 11) is 1.55. The van der Waals surface area contributed by atoms with Crippen LogP contribution in [0.15, 0.2) is 18.2 Å². The maximum absolute atomic E-state index is 14.4. The number of thiophene rings is 1. The number of amides is 3. The number of hydrogen-bond acceptors (Lipinski definition) is 4. The molecule has 2 heterocycles. The molecule has 1 aromatic carbocycles. The van der Waals surface area contributed by atoms with E-state index in [-0.39, 0.29) is 36.4 Å². The topological polar surface area (TPSA) is 70.7 Å². The number of piperidine rings is 1. The monoisotopic (exact) mass is 447 g/mol. The lowest BCUT2D eigenvalue weighted by atomic mass is 9.96. The number of urea groups is 1. The Hall–Kier alpha value is -2.19. The van der Waals surface area contributed by atoms with Crippen molar-refractivity contribution in [3.8, 4) is 0 Å². The van der Waals surface area contributed by atoms with Crippen molar-refractivity contribution in [3.05, 3.63) is 34.5 Å². The Bertz CT molecular complexity index is 934. The Balaban J connectivity index is 1.36. The molecule has 1 saturated heterocycles. The summed E-state index contributed by atoms with van der Waals surface area (Å²) in [6.07, 6.45) is 7.15. The number of hydrogen-bond donors (Lipinski definition) is 2. The third-order valence-corrected chi connectivity index (χ3v) is 7.49. The van der Waals surface area contributed by atoms with E-state index in [4.69, 9.17) is 4.74 Å². The highest BCUT2D eigenvalue weighted by Gasteiger charge is 2.29. The summed E-state index contributed by atoms with van der Waals surface area (Å²) in [6, 6.07) is 5.15. The number of methoxy groups -OCH3 is 1. The summed E-state index contributed by atoms with van der Waals surface area (Å²) >= 11 is 1.32. The van der Waals surface area contributed by atoms with Crippen molar-refractivity contribution in [1.82, 2.24) is 15.5 Å². The zero-order valence-electron chi connectivity index (χ0n) is 17.9. The van der Waals surface area contributed by atoms with Gasteiger partial charge in [0.15, 0.2) is 0 Å². The van der Waals surface area contributed by atoms with Gasteiger partial charge in [-0.05, 0) is 37.8 Å². The molecule has 1 aromatic heterocycles. The quantitative estimate of drug-likeness (QED) is 0.713. The number of ether oxygens (including phenoxy) is 1. The van der Waals surface area contributed by atoms with Crippen molar-refractivity contribution in [2.75, 3.05) is 20.2 Å². The first-order chi connectivity index (χ1) is 15.1. The fourth-order valence-electron chi connectivity index (χ4n) is 4.65. The zero-order chi connectivity index (χ0) is 21.8. The molecule has 2 N–H and O–H groups in total. The van der Waals surface area contributed by atoms with Crippen LogP contribution < -0.4 is 10.6 Å². The number of halogens is 1. The van der Waals surface area contributed by atoms with Gasteiger partial charge in [-0.1, -0.05) is 25.3 Å². The number of carbonyl (C=O) groups excluding carboxylic acids is 2. The van der Waals surface area contributed by atoms with E-state index >= 15 is 0 Å². The predicted octanol–water partition coefficient (Wildman–Crippen LogP) is 4.42. The molecule has 0 atom stereocenters. The highest BCUT2D eigenvalue weighted by Crippen LogP contribution is 2.35. The van der Waals surface area contributed by atoms with Crippen molar-refractivity contribution in [2.24, 2.45) is 0 Å². The van der Waals surface area contributed by atoms with Gasteiger partial charge in [-0.15, -0.1) is 11.3 Å². The Morgan fingerprint density at radius 2 is 1.77 bits per heavy atom. The smallest absolute Gasteiger partial charge is 0.315 e. The molecule has 1 aliphatic carbocycles. The lowest BCUT2D eigenvalue weighted by Gasteiger charge is -2.33. The first-order valence-electron chi connectivity index (χ1n) is 11.1. The van der Waals surface area contributed by atoms with Crippen LogP contribution >= 0.6 is 11.3 Å². The van der Waals surface area contributed by atoms with Crippen molar-refractivity contribution in [1.29, 1.82) is 0 Å². The molecule has 2 aromatic rings. The number of nitrogens with one attached hydrogen (secondary N) is 2. The van der Waals surface area contributed by atoms with Crippen molar-refractivity contribution in [3.63, 3.8) is 0 Å². The summed E-state index contributed by atoms with van der Waals surface area (Å²) in [4.78, 5) is 27.9. The number of nitrogens with zero attached hydrogens (tertiary/aromatic N) is 1. The highest BCUT2D eigenvalue weighted by atomic mass is 32.1. The van der Waals surface area contributed by atoms with Crippen LogP contribution in [0.1, 0.15) is 60.2 Å². The lowest BCUT2D eigenvalue weighted by molar-refractivity contribution is 0.0709. The first kappa shape index (κ1) is 22.0. The lowest BCUT2D eigenvalue weighted by Crippen LogP contribution is -2.51. The van der Waals surface area contributed by atoms with Crippen LogP contribution in [0.2, 0.25) is 0 Å². The standard InChI is InChI=1S/C23H30FN3O3S/c1-30-14-17-20-18(24)8-5-9-19(20)31-21(17)22(28)27-12-10-16(11-13-27)26-23(29)25-15-6-3-2-4-7-15/h5,8-9,15-16H,2-4,6-7,10-14H2,1H3,(H2,25,26,29). The van der Waals surface area contributed by atoms with E-state index in [1.165, 1.54) is 36.7 Å². The molecule has 0 radical (unpaired) electrons. The summed E-state index contributed by atoms with van der Waals surface area (Å²) in [5, 5.41) is 6.64. The Morgan fingerprint density at radius 1 is 1.10 bits per heavy atom. The van der Waals surface area contributed by atoms with Gasteiger partial charge in [-0.3, -0.25) is 4.79 Å². The molecule has 2 fully saturated rings. The van der Waals surface area contributed by atoms with Gasteiger partial charge in [0.25, 0.3) is 5.91 Å². The second kappa shape index (κ2) is 9.96. The van der Waals surface area contributed by atoms with Crippen LogP contribution in [-0.4, -0.2) is 49.1 Å². The molecule has 2 aliphatic rings. The predicted molar refractivity (Wildman–Crippen MR) is 120 cm³/mol. The molecule has 0 unspecified atom stereocenters. The van der Waals surface area contributed by atoms with Crippen LogP contribution in [0.5, 0.6) is 0 Å². The van der Waals surface area contributed by atoms with Crippen LogP contribution in [0.4, 0.5) is 9.18 Å². The van der Waals surface area contributed by atoms with Gasteiger partial charge in [0.2, 0.25) is 0 Å². The van der Waals surface area contributed by atoms with Crippen molar-refractivity contribution in [2.45, 2.75) is 63.6 Å². The molecule has 1 saturated carbocycles. The summed E-state index contributed by atoms with van der Waals surface area (Å²) in [6.45, 7) is 1.33. The SMILES string of the molecule is COCc1c(C(=O)N2CCC(NC(=O)NC3CCCCC3)CC2)sc2cccc(F)c12. The average molecular weight is 448 g/mol. The average Bonchev–Trinajstić information content (AvgIpc) is 3.14. The molecule has 1 aliphatic heterocycles. The second-order valence-electron chi connectivity index (χ2n) is 8.47. The number of carbonyl (C=O) groups is 2. The summed E-state index contributed by atoms with van der Waals surface area (Å²) in [5.41, 5.74) is 0.623. The van der Waals surface area contributed by atoms with Gasteiger partial charge in [0.05, 0.1) is 11.5 Å². The van der Waals surface area contributed by atoms with E-state index in [0.717, 1.165) is 17.5 Å². The van der Waals surface area contributed by atoms with Gasteiger partial charge < -0.3 is 20.3 Å². The molecule has 6 nitrogen and oxygen atoms in total. The van der Waals surface area contributed by atoms with E-state index in [2.05, 4.69) is 10.6 Å². The van der Waals surface area contributed by atoms with Crippen LogP contribution in [0, 0.1) is 5.82 Å². The maximum atomic E-state index is 14.4. The Labute approximate surface area is 186 Å². The van der Waals surface area contributed by atoms with Gasteiger partial charge in [0.1, 0.15) is 5.82 Å². The van der Waals surface area contributed by atoms with E-state index in [1.807, 2.05) is 6.07 Å². The molecule has 4 rings (SSSR count). The first-order valence-corrected chi connectivity index (χ1v) is 11.9. The van der Waals surface area contributed by atoms with Crippen molar-refractivity contribution >= 4 is 33.4 Å². The van der Waals surface area contributed by atoms with E-state index in [9.17, 15) is 14.0 Å². The minimum Gasteiger partial charge on any atom is -0.380 e. The van der Waals surface area contributed by atoms with Crippen LogP contribution in [0.3, 0.4) is 0 Å². The zero-order valence-corrected chi connectivity index (χ0v) is 18.7. The van der Waals surface area contributed by atoms with Gasteiger partial charge >= 0.3 is 6.03 Å². The minimum absolute atomic E-state index is 0.0611. The molecule has 3 amide bonds. The van der Waals surface area contributed by atoms with E-state index in [0.29, 0.717) is 41.8 Å². The third kappa shape index (κ3) is 5.01. The Morgan fingerprint density at radius 3 is 2.45 bits per heavy atom. The molecule has 31 heavy (non-hydrogen) atoms. The molecule has 0 spiro atoms. The molecule has 0 bridgehead atoms. The van der Waals surface area contributed by atoms with E-state index < -0.39 is 0 Å².